The van der Waals surface area contributed by atoms with Gasteiger partial charge in [0.05, 0.1) is 6.10 Å². The zero-order valence-electron chi connectivity index (χ0n) is 10.9. The first-order valence-corrected chi connectivity index (χ1v) is 6.71. The Balaban J connectivity index is 1.84. The SMILES string of the molecule is COC1CC(N2CCCNC(C(C)C)C2)C1. The van der Waals surface area contributed by atoms with E-state index in [9.17, 15) is 0 Å². The van der Waals surface area contributed by atoms with Gasteiger partial charge in [0, 0.05) is 25.7 Å². The zero-order valence-corrected chi connectivity index (χ0v) is 10.9. The molecular formula is C13H26N2O. The third-order valence-electron chi connectivity index (χ3n) is 4.18. The van der Waals surface area contributed by atoms with Crippen LogP contribution in [0.3, 0.4) is 0 Å². The van der Waals surface area contributed by atoms with E-state index in [2.05, 4.69) is 24.1 Å². The first-order valence-electron chi connectivity index (χ1n) is 6.71. The minimum Gasteiger partial charge on any atom is -0.381 e. The molecule has 0 aromatic rings. The Kier molecular flexibility index (Phi) is 4.22. The van der Waals surface area contributed by atoms with Crippen LogP contribution in [-0.2, 0) is 4.74 Å². The summed E-state index contributed by atoms with van der Waals surface area (Å²) in [7, 11) is 1.84. The number of hydrogen-bond donors (Lipinski definition) is 1. The van der Waals surface area contributed by atoms with Crippen molar-refractivity contribution in [1.82, 2.24) is 10.2 Å². The average molecular weight is 226 g/mol. The molecule has 1 aliphatic heterocycles. The normalized spacial score (nSPS) is 37.1. The van der Waals surface area contributed by atoms with Gasteiger partial charge in [-0.15, -0.1) is 0 Å². The number of ether oxygens (including phenoxy) is 1. The second kappa shape index (κ2) is 5.48. The van der Waals surface area contributed by atoms with Crippen LogP contribution in [-0.4, -0.2) is 49.8 Å². The van der Waals surface area contributed by atoms with Gasteiger partial charge in [-0.2, -0.15) is 0 Å². The van der Waals surface area contributed by atoms with Crippen LogP contribution >= 0.6 is 0 Å². The molecule has 0 radical (unpaired) electrons. The molecule has 3 nitrogen and oxygen atoms in total. The maximum Gasteiger partial charge on any atom is 0.0601 e. The molecule has 3 heteroatoms. The van der Waals surface area contributed by atoms with E-state index in [-0.39, 0.29) is 0 Å². The van der Waals surface area contributed by atoms with Crippen LogP contribution in [0.15, 0.2) is 0 Å². The average Bonchev–Trinajstić information content (AvgIpc) is 2.42. The second-order valence-electron chi connectivity index (χ2n) is 5.64. The third kappa shape index (κ3) is 2.76. The van der Waals surface area contributed by atoms with Crippen molar-refractivity contribution in [3.05, 3.63) is 0 Å². The smallest absolute Gasteiger partial charge is 0.0601 e. The summed E-state index contributed by atoms with van der Waals surface area (Å²) in [5.74, 6) is 0.735. The number of rotatable bonds is 3. The van der Waals surface area contributed by atoms with Gasteiger partial charge >= 0.3 is 0 Å². The topological polar surface area (TPSA) is 24.5 Å². The highest BCUT2D eigenvalue weighted by atomic mass is 16.5. The Hall–Kier alpha value is -0.120. The molecular weight excluding hydrogens is 200 g/mol. The van der Waals surface area contributed by atoms with E-state index in [4.69, 9.17) is 4.74 Å². The molecule has 1 unspecified atom stereocenters. The molecule has 1 saturated heterocycles. The highest BCUT2D eigenvalue weighted by Gasteiger charge is 2.35. The van der Waals surface area contributed by atoms with Gasteiger partial charge in [0.2, 0.25) is 0 Å². The molecule has 0 amide bonds. The predicted octanol–water partition coefficient (Wildman–Crippen LogP) is 1.48. The molecule has 16 heavy (non-hydrogen) atoms. The van der Waals surface area contributed by atoms with E-state index >= 15 is 0 Å². The van der Waals surface area contributed by atoms with E-state index in [0.717, 1.165) is 12.0 Å². The second-order valence-corrected chi connectivity index (χ2v) is 5.64. The van der Waals surface area contributed by atoms with Gasteiger partial charge in [0.25, 0.3) is 0 Å². The van der Waals surface area contributed by atoms with Crippen molar-refractivity contribution < 1.29 is 4.74 Å². The van der Waals surface area contributed by atoms with Gasteiger partial charge in [-0.3, -0.25) is 4.90 Å². The van der Waals surface area contributed by atoms with Crippen LogP contribution in [0, 0.1) is 5.92 Å². The van der Waals surface area contributed by atoms with Crippen molar-refractivity contribution in [2.24, 2.45) is 5.92 Å². The Labute approximate surface area is 99.5 Å². The molecule has 2 rings (SSSR count). The minimum absolute atomic E-state index is 0.527. The number of nitrogens with zero attached hydrogens (tertiary/aromatic N) is 1. The molecule has 1 atom stereocenters. The van der Waals surface area contributed by atoms with E-state index in [0.29, 0.717) is 12.1 Å². The summed E-state index contributed by atoms with van der Waals surface area (Å²) in [5.41, 5.74) is 0. The van der Waals surface area contributed by atoms with E-state index in [1.807, 2.05) is 7.11 Å². The van der Waals surface area contributed by atoms with E-state index in [1.165, 1.54) is 38.9 Å². The molecule has 1 saturated carbocycles. The molecule has 0 spiro atoms. The summed E-state index contributed by atoms with van der Waals surface area (Å²) in [6, 6.07) is 1.45. The molecule has 0 aromatic heterocycles. The zero-order chi connectivity index (χ0) is 11.5. The molecule has 2 fully saturated rings. The quantitative estimate of drug-likeness (QED) is 0.789. The van der Waals surface area contributed by atoms with Crippen molar-refractivity contribution in [1.29, 1.82) is 0 Å². The Morgan fingerprint density at radius 3 is 2.69 bits per heavy atom. The summed E-state index contributed by atoms with van der Waals surface area (Å²) in [6.45, 7) is 8.30. The van der Waals surface area contributed by atoms with Crippen molar-refractivity contribution >= 4 is 0 Å². The fourth-order valence-electron chi connectivity index (χ4n) is 2.78. The lowest BCUT2D eigenvalue weighted by Crippen LogP contribution is -2.51. The summed E-state index contributed by atoms with van der Waals surface area (Å²) in [6.07, 6.45) is 4.29. The summed E-state index contributed by atoms with van der Waals surface area (Å²) >= 11 is 0. The van der Waals surface area contributed by atoms with Crippen LogP contribution in [0.5, 0.6) is 0 Å². The summed E-state index contributed by atoms with van der Waals surface area (Å²) in [4.78, 5) is 2.68. The van der Waals surface area contributed by atoms with Gasteiger partial charge in [0.1, 0.15) is 0 Å². The van der Waals surface area contributed by atoms with Gasteiger partial charge in [-0.25, -0.2) is 0 Å². The van der Waals surface area contributed by atoms with Gasteiger partial charge < -0.3 is 10.1 Å². The third-order valence-corrected chi connectivity index (χ3v) is 4.18. The Morgan fingerprint density at radius 1 is 1.31 bits per heavy atom. The van der Waals surface area contributed by atoms with E-state index in [1.54, 1.807) is 0 Å². The van der Waals surface area contributed by atoms with Crippen molar-refractivity contribution in [2.45, 2.75) is 51.3 Å². The lowest BCUT2D eigenvalue weighted by atomic mass is 9.87. The first kappa shape index (κ1) is 12.3. The first-order chi connectivity index (χ1) is 7.70. The Morgan fingerprint density at radius 2 is 2.06 bits per heavy atom. The van der Waals surface area contributed by atoms with E-state index < -0.39 is 0 Å². The lowest BCUT2D eigenvalue weighted by Gasteiger charge is -2.43. The van der Waals surface area contributed by atoms with Crippen LogP contribution in [0.1, 0.15) is 33.1 Å². The van der Waals surface area contributed by atoms with Gasteiger partial charge in [0.15, 0.2) is 0 Å². The van der Waals surface area contributed by atoms with Gasteiger partial charge in [-0.05, 0) is 38.3 Å². The molecule has 94 valence electrons. The van der Waals surface area contributed by atoms with Crippen molar-refractivity contribution in [3.63, 3.8) is 0 Å². The van der Waals surface area contributed by atoms with Crippen LogP contribution < -0.4 is 5.32 Å². The standard InChI is InChI=1S/C13H26N2O/c1-10(2)13-9-15(6-4-5-14-13)11-7-12(8-11)16-3/h10-14H,4-9H2,1-3H3. The fourth-order valence-corrected chi connectivity index (χ4v) is 2.78. The van der Waals surface area contributed by atoms with Crippen LogP contribution in [0.4, 0.5) is 0 Å². The summed E-state index contributed by atoms with van der Waals surface area (Å²) in [5, 5.41) is 3.67. The molecule has 0 bridgehead atoms. The number of nitrogens with one attached hydrogen (secondary N) is 1. The fraction of sp³-hybridized carbons (Fsp3) is 1.00. The van der Waals surface area contributed by atoms with Gasteiger partial charge in [-0.1, -0.05) is 13.8 Å². The van der Waals surface area contributed by atoms with Crippen LogP contribution in [0.2, 0.25) is 0 Å². The highest BCUT2D eigenvalue weighted by Crippen LogP contribution is 2.29. The molecule has 2 aliphatic rings. The molecule has 1 heterocycles. The highest BCUT2D eigenvalue weighted by molar-refractivity contribution is 4.91. The minimum atomic E-state index is 0.527. The summed E-state index contributed by atoms with van der Waals surface area (Å²) < 4.78 is 5.37. The van der Waals surface area contributed by atoms with Crippen molar-refractivity contribution in [2.75, 3.05) is 26.7 Å². The molecule has 1 N–H and O–H groups in total. The van der Waals surface area contributed by atoms with Crippen LogP contribution in [0.25, 0.3) is 0 Å². The Bertz CT molecular complexity index is 214. The predicted molar refractivity (Wildman–Crippen MR) is 66.6 cm³/mol. The maximum absolute atomic E-state index is 5.37. The number of methoxy groups -OCH3 is 1. The molecule has 1 aliphatic carbocycles. The maximum atomic E-state index is 5.37. The number of hydrogen-bond acceptors (Lipinski definition) is 3. The largest absolute Gasteiger partial charge is 0.381 e. The van der Waals surface area contributed by atoms with Crippen molar-refractivity contribution in [3.8, 4) is 0 Å². The molecule has 0 aromatic carbocycles. The monoisotopic (exact) mass is 226 g/mol. The lowest BCUT2D eigenvalue weighted by molar-refractivity contribution is -0.0284.